The Morgan fingerprint density at radius 2 is 2.18 bits per heavy atom. The molecule has 1 aromatic heterocycles. The normalized spacial score (nSPS) is 9.41. The third-order valence-corrected chi connectivity index (χ3v) is 1.93. The summed E-state index contributed by atoms with van der Waals surface area (Å²) in [6.07, 6.45) is 4.37. The number of hydrogen-bond donors (Lipinski definition) is 0. The van der Waals surface area contributed by atoms with Crippen LogP contribution in [0.25, 0.3) is 10.4 Å². The van der Waals surface area contributed by atoms with Gasteiger partial charge in [0.15, 0.2) is 0 Å². The van der Waals surface area contributed by atoms with Gasteiger partial charge in [0, 0.05) is 16.8 Å². The van der Waals surface area contributed by atoms with E-state index < -0.39 is 5.97 Å². The molecule has 0 aliphatic heterocycles. The summed E-state index contributed by atoms with van der Waals surface area (Å²) in [6, 6.07) is 6.10. The van der Waals surface area contributed by atoms with Crippen LogP contribution in [0.1, 0.15) is 10.4 Å². The van der Waals surface area contributed by atoms with E-state index >= 15 is 0 Å². The van der Waals surface area contributed by atoms with Gasteiger partial charge in [-0.3, -0.25) is 0 Å². The van der Waals surface area contributed by atoms with Crippen LogP contribution >= 0.6 is 0 Å². The summed E-state index contributed by atoms with van der Waals surface area (Å²) in [6.45, 7) is 0. The van der Waals surface area contributed by atoms with Crippen molar-refractivity contribution in [3.8, 4) is 0 Å². The molecule has 0 aliphatic carbocycles. The third kappa shape index (κ3) is 2.61. The van der Waals surface area contributed by atoms with Crippen molar-refractivity contribution in [1.29, 1.82) is 0 Å². The maximum Gasteiger partial charge on any atom is 0.363 e. The zero-order valence-electron chi connectivity index (χ0n) is 8.59. The van der Waals surface area contributed by atoms with Crippen molar-refractivity contribution in [3.63, 3.8) is 0 Å². The highest BCUT2D eigenvalue weighted by Gasteiger charge is 2.07. The van der Waals surface area contributed by atoms with Crippen LogP contribution in [0.3, 0.4) is 0 Å². The van der Waals surface area contributed by atoms with Crippen molar-refractivity contribution in [2.24, 2.45) is 5.11 Å². The van der Waals surface area contributed by atoms with Crippen LogP contribution in [0.2, 0.25) is 0 Å². The molecule has 0 radical (unpaired) electrons. The maximum atomic E-state index is 11.6. The van der Waals surface area contributed by atoms with E-state index in [-0.39, 0.29) is 0 Å². The summed E-state index contributed by atoms with van der Waals surface area (Å²) in [7, 11) is 0. The van der Waals surface area contributed by atoms with E-state index in [0.29, 0.717) is 11.3 Å². The summed E-state index contributed by atoms with van der Waals surface area (Å²) >= 11 is 0. The van der Waals surface area contributed by atoms with Crippen LogP contribution in [0.15, 0.2) is 48.1 Å². The molecule has 0 atom stereocenters. The van der Waals surface area contributed by atoms with Crippen LogP contribution < -0.4 is 4.84 Å². The molecule has 0 bridgehead atoms. The molecule has 17 heavy (non-hydrogen) atoms. The molecule has 0 amide bonds. The second-order valence-electron chi connectivity index (χ2n) is 3.04. The molecule has 2 aromatic rings. The quantitative estimate of drug-likeness (QED) is 0.458. The largest absolute Gasteiger partial charge is 0.363 e. The first-order valence-electron chi connectivity index (χ1n) is 4.65. The predicted molar refractivity (Wildman–Crippen MR) is 58.4 cm³/mol. The van der Waals surface area contributed by atoms with Gasteiger partial charge in [-0.25, -0.2) is 9.78 Å². The lowest BCUT2D eigenvalue weighted by Gasteiger charge is -2.03. The molecule has 0 saturated heterocycles. The molecule has 1 heterocycles. The second kappa shape index (κ2) is 4.82. The Labute approximate surface area is 95.9 Å². The Kier molecular flexibility index (Phi) is 3.04. The summed E-state index contributed by atoms with van der Waals surface area (Å²) in [5.41, 5.74) is 9.02. The van der Waals surface area contributed by atoms with Crippen LogP contribution in [-0.4, -0.2) is 15.7 Å². The van der Waals surface area contributed by atoms with E-state index in [1.807, 2.05) is 0 Å². The van der Waals surface area contributed by atoms with Gasteiger partial charge in [0.2, 0.25) is 0 Å². The number of carbonyl (C=O) groups is 1. The topological polar surface area (TPSA) is 92.9 Å². The van der Waals surface area contributed by atoms with Crippen LogP contribution in [-0.2, 0) is 0 Å². The van der Waals surface area contributed by atoms with Crippen molar-refractivity contribution in [1.82, 2.24) is 9.71 Å². The summed E-state index contributed by atoms with van der Waals surface area (Å²) in [4.78, 5) is 22.9. The molecule has 0 unspecified atom stereocenters. The highest BCUT2D eigenvalue weighted by molar-refractivity contribution is 5.89. The van der Waals surface area contributed by atoms with Crippen molar-refractivity contribution in [2.45, 2.75) is 0 Å². The van der Waals surface area contributed by atoms with Gasteiger partial charge in [0.25, 0.3) is 0 Å². The molecule has 7 heteroatoms. The lowest BCUT2D eigenvalue weighted by atomic mass is 10.2. The van der Waals surface area contributed by atoms with Gasteiger partial charge in [-0.1, -0.05) is 17.2 Å². The number of rotatable bonds is 3. The van der Waals surface area contributed by atoms with Gasteiger partial charge >= 0.3 is 5.97 Å². The number of carbonyl (C=O) groups excluding carboxylic acids is 1. The minimum Gasteiger partial charge on any atom is -0.330 e. The van der Waals surface area contributed by atoms with Gasteiger partial charge < -0.3 is 4.84 Å². The fraction of sp³-hybridized carbons (Fsp3) is 0. The molecule has 0 fully saturated rings. The Morgan fingerprint density at radius 3 is 2.76 bits per heavy atom. The van der Waals surface area contributed by atoms with Crippen molar-refractivity contribution >= 4 is 11.7 Å². The number of hydrogen-bond acceptors (Lipinski definition) is 4. The molecule has 0 saturated carbocycles. The summed E-state index contributed by atoms with van der Waals surface area (Å²) in [5, 5.41) is 3.40. The van der Waals surface area contributed by atoms with Crippen molar-refractivity contribution in [2.75, 3.05) is 0 Å². The second-order valence-corrected chi connectivity index (χ2v) is 3.04. The standard InChI is InChI=1S/C10H7N5O2/c11-14-13-9-3-1-8(2-4-9)10(16)17-15-6-5-12-7-15/h1-7H. The van der Waals surface area contributed by atoms with Gasteiger partial charge in [0.05, 0.1) is 11.8 Å². The lowest BCUT2D eigenvalue weighted by Crippen LogP contribution is -2.18. The Bertz CT molecular complexity index is 555. The first kappa shape index (κ1) is 10.7. The number of azide groups is 1. The molecular formula is C10H7N5O2. The average Bonchev–Trinajstić information content (AvgIpc) is 2.83. The SMILES string of the molecule is [N-]=[N+]=Nc1ccc(C(=O)On2ccnc2)cc1. The highest BCUT2D eigenvalue weighted by atomic mass is 16.7. The van der Waals surface area contributed by atoms with Crippen LogP contribution in [0.4, 0.5) is 5.69 Å². The molecule has 0 aliphatic rings. The molecule has 0 N–H and O–H groups in total. The molecular weight excluding hydrogens is 222 g/mol. The van der Waals surface area contributed by atoms with Crippen LogP contribution in [0, 0.1) is 0 Å². The van der Waals surface area contributed by atoms with Gasteiger partial charge in [-0.15, -0.1) is 0 Å². The zero-order valence-corrected chi connectivity index (χ0v) is 8.59. The maximum absolute atomic E-state index is 11.6. The van der Waals surface area contributed by atoms with E-state index in [0.717, 1.165) is 0 Å². The minimum absolute atomic E-state index is 0.357. The first-order chi connectivity index (χ1) is 8.29. The van der Waals surface area contributed by atoms with Gasteiger partial charge in [-0.05, 0) is 17.7 Å². The lowest BCUT2D eigenvalue weighted by molar-refractivity contribution is 0.0460. The molecule has 0 spiro atoms. The number of benzene rings is 1. The van der Waals surface area contributed by atoms with E-state index in [2.05, 4.69) is 15.0 Å². The zero-order chi connectivity index (χ0) is 12.1. The van der Waals surface area contributed by atoms with Crippen LogP contribution in [0.5, 0.6) is 0 Å². The minimum atomic E-state index is -0.518. The predicted octanol–water partition coefficient (Wildman–Crippen LogP) is 2.09. The molecule has 84 valence electrons. The van der Waals surface area contributed by atoms with Crippen molar-refractivity contribution < 1.29 is 9.63 Å². The Morgan fingerprint density at radius 1 is 1.41 bits per heavy atom. The number of imidazole rings is 1. The fourth-order valence-electron chi connectivity index (χ4n) is 1.17. The van der Waals surface area contributed by atoms with Crippen molar-refractivity contribution in [3.05, 3.63) is 59.0 Å². The van der Waals surface area contributed by atoms with Gasteiger partial charge in [0.1, 0.15) is 6.33 Å². The smallest absolute Gasteiger partial charge is 0.330 e. The Hall–Kier alpha value is -2.79. The molecule has 7 nitrogen and oxygen atoms in total. The van der Waals surface area contributed by atoms with E-state index in [1.54, 1.807) is 0 Å². The summed E-state index contributed by atoms with van der Waals surface area (Å²) in [5.74, 6) is -0.518. The van der Waals surface area contributed by atoms with E-state index in [1.165, 1.54) is 47.7 Å². The average molecular weight is 229 g/mol. The van der Waals surface area contributed by atoms with E-state index in [4.69, 9.17) is 10.4 Å². The fourth-order valence-corrected chi connectivity index (χ4v) is 1.17. The first-order valence-corrected chi connectivity index (χ1v) is 4.65. The highest BCUT2D eigenvalue weighted by Crippen LogP contribution is 2.13. The van der Waals surface area contributed by atoms with Gasteiger partial charge in [-0.2, -0.15) is 4.73 Å². The molecule has 1 aromatic carbocycles. The summed E-state index contributed by atoms with van der Waals surface area (Å²) < 4.78 is 1.20. The molecule has 2 rings (SSSR count). The number of nitrogens with zero attached hydrogens (tertiary/aromatic N) is 5. The Balaban J connectivity index is 2.12. The van der Waals surface area contributed by atoms with E-state index in [9.17, 15) is 4.79 Å². The third-order valence-electron chi connectivity index (χ3n) is 1.93. The monoisotopic (exact) mass is 229 g/mol. The number of aromatic nitrogens is 2.